The molecule has 4 N–H and O–H groups in total. The Labute approximate surface area is 170 Å². The van der Waals surface area contributed by atoms with E-state index in [0.717, 1.165) is 5.56 Å². The van der Waals surface area contributed by atoms with Crippen molar-refractivity contribution in [2.24, 2.45) is 16.1 Å². The molecule has 1 aromatic rings. The third kappa shape index (κ3) is 8.15. The lowest BCUT2D eigenvalue weighted by molar-refractivity contribution is -0.125. The molecule has 26 heavy (non-hydrogen) atoms. The third-order valence-corrected chi connectivity index (χ3v) is 3.55. The molecule has 0 atom stereocenters. The molecule has 0 saturated carbocycles. The van der Waals surface area contributed by atoms with Gasteiger partial charge in [-0.25, -0.2) is 4.99 Å². The second kappa shape index (κ2) is 11.1. The zero-order chi connectivity index (χ0) is 19.0. The number of nitrogens with two attached hydrogens (primary N) is 1. The van der Waals surface area contributed by atoms with Crippen molar-refractivity contribution in [2.45, 2.75) is 40.9 Å². The van der Waals surface area contributed by atoms with Crippen LogP contribution in [0.1, 0.15) is 31.9 Å². The van der Waals surface area contributed by atoms with Crippen LogP contribution in [0, 0.1) is 12.3 Å². The normalized spacial score (nSPS) is 11.7. The van der Waals surface area contributed by atoms with Crippen molar-refractivity contribution in [3.05, 3.63) is 29.3 Å². The van der Waals surface area contributed by atoms with Gasteiger partial charge in [0.15, 0.2) is 5.96 Å². The van der Waals surface area contributed by atoms with Crippen LogP contribution in [-0.4, -0.2) is 31.6 Å². The van der Waals surface area contributed by atoms with Crippen molar-refractivity contribution < 1.29 is 18.3 Å². The van der Waals surface area contributed by atoms with Crippen molar-refractivity contribution in [3.8, 4) is 5.75 Å². The quantitative estimate of drug-likeness (QED) is 0.301. The fourth-order valence-electron chi connectivity index (χ4n) is 1.94. The van der Waals surface area contributed by atoms with E-state index in [2.05, 4.69) is 20.4 Å². The Bertz CT molecular complexity index is 625. The highest BCUT2D eigenvalue weighted by molar-refractivity contribution is 14.0. The zero-order valence-electron chi connectivity index (χ0n) is 15.4. The van der Waals surface area contributed by atoms with Crippen molar-refractivity contribution >= 4 is 35.8 Å². The second-order valence-corrected chi connectivity index (χ2v) is 6.29. The molecule has 0 aliphatic carbocycles. The van der Waals surface area contributed by atoms with Gasteiger partial charge in [-0.15, -0.1) is 24.0 Å². The highest BCUT2D eigenvalue weighted by Gasteiger charge is 2.25. The Morgan fingerprint density at radius 2 is 2.00 bits per heavy atom. The van der Waals surface area contributed by atoms with Crippen LogP contribution < -0.4 is 21.1 Å². The van der Waals surface area contributed by atoms with Crippen LogP contribution in [0.5, 0.6) is 5.75 Å². The Kier molecular flexibility index (Phi) is 10.4. The summed E-state index contributed by atoms with van der Waals surface area (Å²) in [5, 5.41) is 6.07. The summed E-state index contributed by atoms with van der Waals surface area (Å²) >= 11 is 0. The number of primary amides is 1. The van der Waals surface area contributed by atoms with E-state index >= 15 is 0 Å². The molecule has 6 nitrogen and oxygen atoms in total. The molecule has 0 unspecified atom stereocenters. The van der Waals surface area contributed by atoms with E-state index in [1.165, 1.54) is 6.07 Å². The van der Waals surface area contributed by atoms with E-state index in [4.69, 9.17) is 5.73 Å². The van der Waals surface area contributed by atoms with Gasteiger partial charge < -0.3 is 21.1 Å². The van der Waals surface area contributed by atoms with Crippen molar-refractivity contribution in [1.82, 2.24) is 10.6 Å². The van der Waals surface area contributed by atoms with E-state index in [0.29, 0.717) is 24.6 Å². The Balaban J connectivity index is 0.00000625. The van der Waals surface area contributed by atoms with E-state index in [-0.39, 0.29) is 36.3 Å². The molecule has 148 valence electrons. The highest BCUT2D eigenvalue weighted by Crippen LogP contribution is 2.23. The summed E-state index contributed by atoms with van der Waals surface area (Å²) in [5.41, 5.74) is 6.07. The number of hydrogen-bond acceptors (Lipinski definition) is 3. The molecule has 1 aromatic carbocycles. The van der Waals surface area contributed by atoms with Crippen LogP contribution in [0.4, 0.5) is 8.78 Å². The first-order valence-corrected chi connectivity index (χ1v) is 8.02. The van der Waals surface area contributed by atoms with Crippen LogP contribution in [0.25, 0.3) is 0 Å². The summed E-state index contributed by atoms with van der Waals surface area (Å²) in [6.07, 6.45) is 0. The minimum atomic E-state index is -2.90. The van der Waals surface area contributed by atoms with Gasteiger partial charge in [0.25, 0.3) is 0 Å². The molecular formula is C17H27F2IN4O2. The molecule has 0 saturated heterocycles. The van der Waals surface area contributed by atoms with Gasteiger partial charge in [0.1, 0.15) is 5.75 Å². The smallest absolute Gasteiger partial charge is 0.387 e. The van der Waals surface area contributed by atoms with Crippen molar-refractivity contribution in [1.29, 1.82) is 0 Å². The number of amides is 1. The lowest BCUT2D eigenvalue weighted by Gasteiger charge is -2.22. The number of carbonyl (C=O) groups is 1. The van der Waals surface area contributed by atoms with Crippen LogP contribution in [0.2, 0.25) is 0 Å². The summed E-state index contributed by atoms with van der Waals surface area (Å²) in [4.78, 5) is 15.8. The number of ether oxygens (including phenoxy) is 1. The first-order chi connectivity index (χ1) is 11.7. The summed E-state index contributed by atoms with van der Waals surface area (Å²) in [7, 11) is 0. The van der Waals surface area contributed by atoms with Crippen molar-refractivity contribution in [3.63, 3.8) is 0 Å². The van der Waals surface area contributed by atoms with Crippen LogP contribution >= 0.6 is 24.0 Å². The number of guanidine groups is 1. The number of carbonyl (C=O) groups excluding carboxylic acids is 1. The van der Waals surface area contributed by atoms with Gasteiger partial charge in [-0.3, -0.25) is 4.79 Å². The fraction of sp³-hybridized carbons (Fsp3) is 0.529. The molecule has 0 spiro atoms. The first-order valence-electron chi connectivity index (χ1n) is 8.02. The number of aryl methyl sites for hydroxylation is 1. The zero-order valence-corrected chi connectivity index (χ0v) is 17.8. The lowest BCUT2D eigenvalue weighted by Crippen LogP contribution is -2.46. The number of nitrogens with zero attached hydrogens (tertiary/aromatic N) is 1. The first kappa shape index (κ1) is 24.4. The molecule has 0 fully saturated rings. The van der Waals surface area contributed by atoms with E-state index in [1.807, 2.05) is 13.8 Å². The lowest BCUT2D eigenvalue weighted by atomic mass is 9.93. The summed E-state index contributed by atoms with van der Waals surface area (Å²) in [5.74, 6) is 0.126. The molecule has 0 aliphatic rings. The van der Waals surface area contributed by atoms with Crippen LogP contribution in [0.3, 0.4) is 0 Å². The van der Waals surface area contributed by atoms with Crippen LogP contribution in [0.15, 0.2) is 23.2 Å². The standard InChI is InChI=1S/C17H26F2N4O2.HI/c1-5-21-16(23-10-17(3,4)14(20)24)22-9-12-8-11(2)6-7-13(12)25-15(18)19;/h6-8,15H,5,9-10H2,1-4H3,(H2,20,24)(H2,21,22,23);1H. The van der Waals surface area contributed by atoms with Gasteiger partial charge in [0.05, 0.1) is 12.0 Å². The predicted octanol–water partition coefficient (Wildman–Crippen LogP) is 2.78. The predicted molar refractivity (Wildman–Crippen MR) is 109 cm³/mol. The highest BCUT2D eigenvalue weighted by atomic mass is 127. The average Bonchev–Trinajstić information content (AvgIpc) is 2.51. The molecule has 0 bridgehead atoms. The minimum Gasteiger partial charge on any atom is -0.434 e. The molecule has 0 aliphatic heterocycles. The Morgan fingerprint density at radius 1 is 1.35 bits per heavy atom. The maximum Gasteiger partial charge on any atom is 0.387 e. The number of benzene rings is 1. The molecule has 1 rings (SSSR count). The van der Waals surface area contributed by atoms with Gasteiger partial charge in [-0.05, 0) is 33.8 Å². The van der Waals surface area contributed by atoms with Gasteiger partial charge in [-0.2, -0.15) is 8.78 Å². The summed E-state index contributed by atoms with van der Waals surface area (Å²) in [6, 6.07) is 4.95. The van der Waals surface area contributed by atoms with Gasteiger partial charge in [-0.1, -0.05) is 17.7 Å². The topological polar surface area (TPSA) is 88.7 Å². The number of nitrogens with one attached hydrogen (secondary N) is 2. The number of halogens is 3. The molecule has 0 heterocycles. The number of rotatable bonds is 8. The van der Waals surface area contributed by atoms with Gasteiger partial charge in [0.2, 0.25) is 5.91 Å². The van der Waals surface area contributed by atoms with E-state index in [9.17, 15) is 13.6 Å². The summed E-state index contributed by atoms with van der Waals surface area (Å²) in [6.45, 7) is 5.36. The average molecular weight is 484 g/mol. The molecule has 0 aromatic heterocycles. The minimum absolute atomic E-state index is 0. The number of aliphatic imine (C=N–C) groups is 1. The molecule has 1 amide bonds. The number of alkyl halides is 2. The third-order valence-electron chi connectivity index (χ3n) is 3.55. The molecular weight excluding hydrogens is 457 g/mol. The van der Waals surface area contributed by atoms with E-state index in [1.54, 1.807) is 26.0 Å². The second-order valence-electron chi connectivity index (χ2n) is 6.29. The van der Waals surface area contributed by atoms with E-state index < -0.39 is 17.9 Å². The van der Waals surface area contributed by atoms with Gasteiger partial charge in [0, 0.05) is 18.7 Å². The maximum absolute atomic E-state index is 12.5. The largest absolute Gasteiger partial charge is 0.434 e. The SMILES string of the molecule is CCNC(=NCc1cc(C)ccc1OC(F)F)NCC(C)(C)C(N)=O.I. The summed E-state index contributed by atoms with van der Waals surface area (Å²) < 4.78 is 29.6. The number of hydrogen-bond donors (Lipinski definition) is 3. The Morgan fingerprint density at radius 3 is 2.54 bits per heavy atom. The van der Waals surface area contributed by atoms with Crippen LogP contribution in [-0.2, 0) is 11.3 Å². The maximum atomic E-state index is 12.5. The van der Waals surface area contributed by atoms with Crippen molar-refractivity contribution in [2.75, 3.05) is 13.1 Å². The molecule has 9 heteroatoms. The fourth-order valence-corrected chi connectivity index (χ4v) is 1.94. The molecule has 0 radical (unpaired) electrons. The Hall–Kier alpha value is -1.65. The monoisotopic (exact) mass is 484 g/mol. The van der Waals surface area contributed by atoms with Gasteiger partial charge >= 0.3 is 6.61 Å².